The summed E-state index contributed by atoms with van der Waals surface area (Å²) in [5.41, 5.74) is 0.877. The minimum Gasteiger partial charge on any atom is -0.348 e. The molecule has 1 aliphatic heterocycles. The quantitative estimate of drug-likeness (QED) is 0.897. The standard InChI is InChI=1S/C18H19ClN2O2S/c1-12(13-6-2-3-7-14(13)19)20-17(22)15-8-4-10-21(15)18(23)16-9-5-11-24-16/h2-3,5-7,9,11-12,15H,4,8,10H2,1H3,(H,20,22). The van der Waals surface area contributed by atoms with Crippen LogP contribution < -0.4 is 5.32 Å². The number of thiophene rings is 1. The molecule has 0 saturated carbocycles. The highest BCUT2D eigenvalue weighted by Crippen LogP contribution is 2.25. The molecule has 2 amide bonds. The summed E-state index contributed by atoms with van der Waals surface area (Å²) in [5.74, 6) is -0.183. The first-order chi connectivity index (χ1) is 11.6. The fraction of sp³-hybridized carbons (Fsp3) is 0.333. The molecule has 1 N–H and O–H groups in total. The summed E-state index contributed by atoms with van der Waals surface area (Å²) in [6, 6.07) is 10.5. The van der Waals surface area contributed by atoms with Crippen molar-refractivity contribution < 1.29 is 9.59 Å². The number of hydrogen-bond acceptors (Lipinski definition) is 3. The molecule has 1 aliphatic rings. The van der Waals surface area contributed by atoms with Crippen LogP contribution in [0, 0.1) is 0 Å². The Hall–Kier alpha value is -1.85. The lowest BCUT2D eigenvalue weighted by Crippen LogP contribution is -2.46. The molecule has 1 aromatic carbocycles. The number of likely N-dealkylation sites (tertiary alicyclic amines) is 1. The van der Waals surface area contributed by atoms with Crippen molar-refractivity contribution in [2.24, 2.45) is 0 Å². The molecule has 0 spiro atoms. The monoisotopic (exact) mass is 362 g/mol. The molecule has 24 heavy (non-hydrogen) atoms. The van der Waals surface area contributed by atoms with Gasteiger partial charge in [-0.2, -0.15) is 0 Å². The van der Waals surface area contributed by atoms with Crippen molar-refractivity contribution in [3.8, 4) is 0 Å². The van der Waals surface area contributed by atoms with Crippen molar-refractivity contribution in [3.63, 3.8) is 0 Å². The van der Waals surface area contributed by atoms with E-state index in [-0.39, 0.29) is 17.9 Å². The Balaban J connectivity index is 1.70. The molecule has 0 bridgehead atoms. The van der Waals surface area contributed by atoms with Gasteiger partial charge in [-0.3, -0.25) is 9.59 Å². The number of rotatable bonds is 4. The van der Waals surface area contributed by atoms with Crippen LogP contribution in [0.2, 0.25) is 5.02 Å². The van der Waals surface area contributed by atoms with E-state index < -0.39 is 6.04 Å². The molecule has 2 atom stereocenters. The van der Waals surface area contributed by atoms with E-state index in [0.29, 0.717) is 22.9 Å². The summed E-state index contributed by atoms with van der Waals surface area (Å²) >= 11 is 7.60. The Morgan fingerprint density at radius 2 is 2.08 bits per heavy atom. The lowest BCUT2D eigenvalue weighted by Gasteiger charge is -2.25. The van der Waals surface area contributed by atoms with Crippen molar-refractivity contribution in [1.29, 1.82) is 0 Å². The predicted molar refractivity (Wildman–Crippen MR) is 96.4 cm³/mol. The van der Waals surface area contributed by atoms with Crippen LogP contribution in [0.25, 0.3) is 0 Å². The van der Waals surface area contributed by atoms with Crippen molar-refractivity contribution >= 4 is 34.8 Å². The Labute approximate surface area is 150 Å². The molecular weight excluding hydrogens is 344 g/mol. The molecule has 2 aromatic rings. The highest BCUT2D eigenvalue weighted by Gasteiger charge is 2.35. The maximum Gasteiger partial charge on any atom is 0.264 e. The van der Waals surface area contributed by atoms with Gasteiger partial charge < -0.3 is 10.2 Å². The van der Waals surface area contributed by atoms with Gasteiger partial charge in [0.15, 0.2) is 0 Å². The lowest BCUT2D eigenvalue weighted by molar-refractivity contribution is -0.125. The van der Waals surface area contributed by atoms with Crippen LogP contribution in [-0.2, 0) is 4.79 Å². The second-order valence-electron chi connectivity index (χ2n) is 5.89. The number of benzene rings is 1. The first kappa shape index (κ1) is 17.0. The molecule has 2 heterocycles. The van der Waals surface area contributed by atoms with E-state index in [1.807, 2.05) is 42.6 Å². The van der Waals surface area contributed by atoms with Crippen molar-refractivity contribution in [2.45, 2.75) is 31.8 Å². The molecule has 1 saturated heterocycles. The van der Waals surface area contributed by atoms with Crippen LogP contribution in [0.15, 0.2) is 41.8 Å². The predicted octanol–water partition coefficient (Wildman–Crippen LogP) is 3.88. The zero-order chi connectivity index (χ0) is 17.1. The smallest absolute Gasteiger partial charge is 0.264 e. The number of nitrogens with zero attached hydrogens (tertiary/aromatic N) is 1. The zero-order valence-corrected chi connectivity index (χ0v) is 14.9. The molecule has 6 heteroatoms. The van der Waals surface area contributed by atoms with E-state index in [0.717, 1.165) is 12.0 Å². The van der Waals surface area contributed by atoms with Gasteiger partial charge in [0.1, 0.15) is 6.04 Å². The van der Waals surface area contributed by atoms with Crippen LogP contribution >= 0.6 is 22.9 Å². The number of carbonyl (C=O) groups excluding carboxylic acids is 2. The first-order valence-corrected chi connectivity index (χ1v) is 9.23. The van der Waals surface area contributed by atoms with Crippen molar-refractivity contribution in [1.82, 2.24) is 10.2 Å². The summed E-state index contributed by atoms with van der Waals surface area (Å²) in [5, 5.41) is 5.50. The lowest BCUT2D eigenvalue weighted by atomic mass is 10.1. The average molecular weight is 363 g/mol. The summed E-state index contributed by atoms with van der Waals surface area (Å²) in [6.45, 7) is 2.52. The number of hydrogen-bond donors (Lipinski definition) is 1. The second kappa shape index (κ2) is 7.36. The fourth-order valence-electron chi connectivity index (χ4n) is 3.04. The number of halogens is 1. The van der Waals surface area contributed by atoms with Crippen LogP contribution in [0.4, 0.5) is 0 Å². The Morgan fingerprint density at radius 3 is 2.79 bits per heavy atom. The summed E-state index contributed by atoms with van der Waals surface area (Å²) in [6.07, 6.45) is 1.54. The zero-order valence-electron chi connectivity index (χ0n) is 13.4. The largest absolute Gasteiger partial charge is 0.348 e. The normalized spacial score (nSPS) is 18.4. The van der Waals surface area contributed by atoms with Gasteiger partial charge in [-0.05, 0) is 42.8 Å². The SMILES string of the molecule is CC(NC(=O)C1CCCN1C(=O)c1cccs1)c1ccccc1Cl. The third-order valence-corrected chi connectivity index (χ3v) is 5.48. The van der Waals surface area contributed by atoms with Crippen LogP contribution in [0.1, 0.15) is 41.0 Å². The summed E-state index contributed by atoms with van der Waals surface area (Å²) < 4.78 is 0. The molecule has 0 aliphatic carbocycles. The molecule has 1 fully saturated rings. The molecule has 126 valence electrons. The third-order valence-electron chi connectivity index (χ3n) is 4.28. The minimum absolute atomic E-state index is 0.0620. The highest BCUT2D eigenvalue weighted by molar-refractivity contribution is 7.12. The summed E-state index contributed by atoms with van der Waals surface area (Å²) in [7, 11) is 0. The van der Waals surface area contributed by atoms with Gasteiger partial charge in [0.25, 0.3) is 5.91 Å². The molecule has 0 radical (unpaired) electrons. The van der Waals surface area contributed by atoms with Crippen molar-refractivity contribution in [2.75, 3.05) is 6.54 Å². The average Bonchev–Trinajstić information content (AvgIpc) is 3.26. The van der Waals surface area contributed by atoms with Gasteiger partial charge in [-0.25, -0.2) is 0 Å². The van der Waals surface area contributed by atoms with Crippen LogP contribution in [-0.4, -0.2) is 29.3 Å². The van der Waals surface area contributed by atoms with Gasteiger partial charge in [0, 0.05) is 11.6 Å². The Kier molecular flexibility index (Phi) is 5.21. The fourth-order valence-corrected chi connectivity index (χ4v) is 4.02. The molecule has 1 aromatic heterocycles. The summed E-state index contributed by atoms with van der Waals surface area (Å²) in [4.78, 5) is 27.6. The van der Waals surface area contributed by atoms with Gasteiger partial charge in [0.05, 0.1) is 10.9 Å². The maximum absolute atomic E-state index is 12.7. The highest BCUT2D eigenvalue weighted by atomic mass is 35.5. The van der Waals surface area contributed by atoms with Gasteiger partial charge in [-0.15, -0.1) is 11.3 Å². The number of carbonyl (C=O) groups is 2. The Bertz CT molecular complexity index is 732. The molecule has 4 nitrogen and oxygen atoms in total. The molecular formula is C18H19ClN2O2S. The van der Waals surface area contributed by atoms with Gasteiger partial charge in [-0.1, -0.05) is 35.9 Å². The van der Waals surface area contributed by atoms with E-state index in [9.17, 15) is 9.59 Å². The van der Waals surface area contributed by atoms with Crippen LogP contribution in [0.5, 0.6) is 0 Å². The molecule has 2 unspecified atom stereocenters. The second-order valence-corrected chi connectivity index (χ2v) is 7.24. The first-order valence-electron chi connectivity index (χ1n) is 7.97. The third kappa shape index (κ3) is 3.47. The Morgan fingerprint density at radius 1 is 1.29 bits per heavy atom. The van der Waals surface area contributed by atoms with Gasteiger partial charge >= 0.3 is 0 Å². The number of amides is 2. The van der Waals surface area contributed by atoms with Gasteiger partial charge in [0.2, 0.25) is 5.91 Å². The van der Waals surface area contributed by atoms with E-state index >= 15 is 0 Å². The van der Waals surface area contributed by atoms with E-state index in [2.05, 4.69) is 5.32 Å². The topological polar surface area (TPSA) is 49.4 Å². The van der Waals surface area contributed by atoms with E-state index in [1.165, 1.54) is 11.3 Å². The van der Waals surface area contributed by atoms with Crippen molar-refractivity contribution in [3.05, 3.63) is 57.2 Å². The molecule has 3 rings (SSSR count). The van der Waals surface area contributed by atoms with Crippen LogP contribution in [0.3, 0.4) is 0 Å². The van der Waals surface area contributed by atoms with E-state index in [1.54, 1.807) is 11.0 Å². The number of nitrogens with one attached hydrogen (secondary N) is 1. The maximum atomic E-state index is 12.7. The van der Waals surface area contributed by atoms with E-state index in [4.69, 9.17) is 11.6 Å². The minimum atomic E-state index is -0.412.